The van der Waals surface area contributed by atoms with Crippen molar-refractivity contribution in [3.8, 4) is 0 Å². The zero-order chi connectivity index (χ0) is 10.2. The van der Waals surface area contributed by atoms with Crippen LogP contribution in [0.5, 0.6) is 0 Å². The molecule has 0 radical (unpaired) electrons. The van der Waals surface area contributed by atoms with E-state index in [4.69, 9.17) is 16.3 Å². The van der Waals surface area contributed by atoms with E-state index in [0.29, 0.717) is 26.1 Å². The van der Waals surface area contributed by atoms with Gasteiger partial charge in [0.15, 0.2) is 0 Å². The van der Waals surface area contributed by atoms with Crippen LogP contribution in [-0.4, -0.2) is 37.5 Å². The van der Waals surface area contributed by atoms with Crippen molar-refractivity contribution in [2.45, 2.75) is 18.9 Å². The van der Waals surface area contributed by atoms with Crippen molar-refractivity contribution in [3.63, 3.8) is 0 Å². The van der Waals surface area contributed by atoms with Crippen LogP contribution in [0.25, 0.3) is 0 Å². The van der Waals surface area contributed by atoms with Crippen LogP contribution < -0.4 is 5.32 Å². The summed E-state index contributed by atoms with van der Waals surface area (Å²) < 4.78 is 4.88. The van der Waals surface area contributed by atoms with E-state index in [9.17, 15) is 5.11 Å². The van der Waals surface area contributed by atoms with Crippen LogP contribution in [-0.2, 0) is 4.74 Å². The highest BCUT2D eigenvalue weighted by atomic mass is 35.5. The van der Waals surface area contributed by atoms with E-state index in [0.717, 1.165) is 0 Å². The Hall–Kier alpha value is -0.0900. The summed E-state index contributed by atoms with van der Waals surface area (Å²) in [6.07, 6.45) is 2.41. The van der Waals surface area contributed by atoms with Crippen molar-refractivity contribution in [2.75, 3.05) is 26.8 Å². The lowest BCUT2D eigenvalue weighted by Gasteiger charge is -2.22. The van der Waals surface area contributed by atoms with Gasteiger partial charge >= 0.3 is 0 Å². The highest BCUT2D eigenvalue weighted by Crippen LogP contribution is 2.06. The molecule has 1 atom stereocenters. The predicted octanol–water partition coefficient (Wildman–Crippen LogP) is 1.12. The smallest absolute Gasteiger partial charge is 0.0765 e. The van der Waals surface area contributed by atoms with Gasteiger partial charge in [0, 0.05) is 38.8 Å². The quantitative estimate of drug-likeness (QED) is 0.615. The van der Waals surface area contributed by atoms with Crippen molar-refractivity contribution in [1.29, 1.82) is 0 Å². The number of halogens is 1. The number of methoxy groups -OCH3 is 1. The second-order valence-corrected chi connectivity index (χ2v) is 3.48. The minimum atomic E-state index is -0.712. The highest BCUT2D eigenvalue weighted by molar-refractivity contribution is 6.25. The Morgan fingerprint density at radius 3 is 2.85 bits per heavy atom. The summed E-state index contributed by atoms with van der Waals surface area (Å²) in [6.45, 7) is 3.56. The van der Waals surface area contributed by atoms with Gasteiger partial charge in [-0.15, -0.1) is 0 Å². The Morgan fingerprint density at radius 2 is 2.31 bits per heavy atom. The van der Waals surface area contributed by atoms with Crippen LogP contribution in [0.4, 0.5) is 0 Å². The predicted molar refractivity (Wildman–Crippen MR) is 55.0 cm³/mol. The molecule has 2 N–H and O–H groups in total. The van der Waals surface area contributed by atoms with Crippen LogP contribution in [0.2, 0.25) is 0 Å². The van der Waals surface area contributed by atoms with Gasteiger partial charge in [-0.1, -0.05) is 17.7 Å². The first kappa shape index (κ1) is 12.9. The lowest BCUT2D eigenvalue weighted by atomic mass is 10.0. The van der Waals surface area contributed by atoms with E-state index >= 15 is 0 Å². The molecule has 0 bridgehead atoms. The molecule has 3 nitrogen and oxygen atoms in total. The third kappa shape index (κ3) is 8.25. The molecule has 0 heterocycles. The summed E-state index contributed by atoms with van der Waals surface area (Å²) in [5, 5.41) is 12.8. The van der Waals surface area contributed by atoms with Gasteiger partial charge in [0.25, 0.3) is 0 Å². The van der Waals surface area contributed by atoms with Gasteiger partial charge in [-0.3, -0.25) is 0 Å². The summed E-state index contributed by atoms with van der Waals surface area (Å²) in [7, 11) is 1.62. The number of hydrogen-bond acceptors (Lipinski definition) is 3. The van der Waals surface area contributed by atoms with Gasteiger partial charge in [-0.05, 0) is 6.92 Å². The van der Waals surface area contributed by atoms with Crippen LogP contribution in [0.3, 0.4) is 0 Å². The van der Waals surface area contributed by atoms with Gasteiger partial charge in [-0.2, -0.15) is 0 Å². The van der Waals surface area contributed by atoms with Crippen LogP contribution in [0.1, 0.15) is 13.3 Å². The van der Waals surface area contributed by atoms with Gasteiger partial charge < -0.3 is 15.2 Å². The third-order valence-corrected chi connectivity index (χ3v) is 1.88. The largest absolute Gasteiger partial charge is 0.389 e. The molecule has 4 heteroatoms. The van der Waals surface area contributed by atoms with Crippen molar-refractivity contribution >= 4 is 11.6 Å². The lowest BCUT2D eigenvalue weighted by molar-refractivity contribution is 0.0258. The van der Waals surface area contributed by atoms with E-state index in [-0.39, 0.29) is 0 Å². The number of nitrogens with one attached hydrogen (secondary N) is 1. The first-order valence-corrected chi connectivity index (χ1v) is 4.73. The molecule has 0 rings (SSSR count). The summed E-state index contributed by atoms with van der Waals surface area (Å²) in [5.74, 6) is 0. The van der Waals surface area contributed by atoms with Crippen molar-refractivity contribution < 1.29 is 9.84 Å². The number of hydrogen-bond donors (Lipinski definition) is 2. The first-order valence-electron chi connectivity index (χ1n) is 4.29. The molecule has 0 aliphatic rings. The lowest BCUT2D eigenvalue weighted by Crippen LogP contribution is -2.38. The summed E-state index contributed by atoms with van der Waals surface area (Å²) >= 11 is 5.33. The second kappa shape index (κ2) is 7.33. The highest BCUT2D eigenvalue weighted by Gasteiger charge is 2.18. The number of aliphatic hydroxyl groups is 1. The zero-order valence-electron chi connectivity index (χ0n) is 8.22. The number of ether oxygens (including phenoxy) is 1. The Balaban J connectivity index is 3.49. The molecule has 0 saturated carbocycles. The van der Waals surface area contributed by atoms with Crippen molar-refractivity contribution in [2.24, 2.45) is 0 Å². The topological polar surface area (TPSA) is 41.5 Å². The van der Waals surface area contributed by atoms with E-state index < -0.39 is 5.60 Å². The van der Waals surface area contributed by atoms with E-state index in [1.807, 2.05) is 0 Å². The SMILES string of the molecule is COCCC(C)(O)CNC/C=C/Cl. The molecule has 1 unspecified atom stereocenters. The fraction of sp³-hybridized carbons (Fsp3) is 0.778. The molecule has 0 amide bonds. The standard InChI is InChI=1S/C9H18ClNO2/c1-9(12,4-7-13-2)8-11-6-3-5-10/h3,5,11-12H,4,6-8H2,1-2H3/b5-3+. The fourth-order valence-corrected chi connectivity index (χ4v) is 0.969. The van der Waals surface area contributed by atoms with Crippen LogP contribution >= 0.6 is 11.6 Å². The van der Waals surface area contributed by atoms with Crippen LogP contribution in [0, 0.1) is 0 Å². The third-order valence-electron chi connectivity index (χ3n) is 1.70. The number of rotatable bonds is 7. The average molecular weight is 208 g/mol. The summed E-state index contributed by atoms with van der Waals surface area (Å²) in [4.78, 5) is 0. The second-order valence-electron chi connectivity index (χ2n) is 3.23. The van der Waals surface area contributed by atoms with Crippen LogP contribution in [0.15, 0.2) is 11.6 Å². The molecule has 0 aromatic rings. The molecule has 78 valence electrons. The molecular formula is C9H18ClNO2. The monoisotopic (exact) mass is 207 g/mol. The van der Waals surface area contributed by atoms with E-state index in [2.05, 4.69) is 5.32 Å². The molecule has 0 aromatic heterocycles. The van der Waals surface area contributed by atoms with Crippen molar-refractivity contribution in [1.82, 2.24) is 5.32 Å². The zero-order valence-corrected chi connectivity index (χ0v) is 8.97. The molecular weight excluding hydrogens is 190 g/mol. The molecule has 0 spiro atoms. The Bertz CT molecular complexity index is 149. The maximum Gasteiger partial charge on any atom is 0.0765 e. The molecule has 0 saturated heterocycles. The van der Waals surface area contributed by atoms with Gasteiger partial charge in [-0.25, -0.2) is 0 Å². The Morgan fingerprint density at radius 1 is 1.62 bits per heavy atom. The molecule has 0 fully saturated rings. The maximum absolute atomic E-state index is 9.75. The normalized spacial score (nSPS) is 16.3. The van der Waals surface area contributed by atoms with E-state index in [1.54, 1.807) is 20.1 Å². The molecule has 0 aromatic carbocycles. The van der Waals surface area contributed by atoms with Gasteiger partial charge in [0.05, 0.1) is 5.60 Å². The first-order chi connectivity index (χ1) is 6.12. The van der Waals surface area contributed by atoms with Crippen molar-refractivity contribution in [3.05, 3.63) is 11.6 Å². The Kier molecular flexibility index (Phi) is 7.28. The minimum absolute atomic E-state index is 0.539. The molecule has 0 aliphatic carbocycles. The average Bonchev–Trinajstić information content (AvgIpc) is 2.09. The summed E-state index contributed by atoms with van der Waals surface area (Å²) in [5.41, 5.74) is 0.743. The van der Waals surface area contributed by atoms with Gasteiger partial charge in [0.1, 0.15) is 0 Å². The molecule has 0 aliphatic heterocycles. The maximum atomic E-state index is 9.75. The van der Waals surface area contributed by atoms with E-state index in [1.165, 1.54) is 5.54 Å². The fourth-order valence-electron chi connectivity index (χ4n) is 0.880. The minimum Gasteiger partial charge on any atom is -0.389 e. The van der Waals surface area contributed by atoms with Gasteiger partial charge in [0.2, 0.25) is 0 Å². The molecule has 13 heavy (non-hydrogen) atoms. The Labute approximate surface area is 84.7 Å². The summed E-state index contributed by atoms with van der Waals surface area (Å²) in [6, 6.07) is 0.